The number of aromatic nitrogens is 2. The molecule has 1 aromatic heterocycles. The Morgan fingerprint density at radius 1 is 1.42 bits per heavy atom. The summed E-state index contributed by atoms with van der Waals surface area (Å²) in [6, 6.07) is 0.606. The van der Waals surface area contributed by atoms with E-state index in [1.165, 1.54) is 19.3 Å². The van der Waals surface area contributed by atoms with Crippen molar-refractivity contribution in [3.8, 4) is 0 Å². The highest BCUT2D eigenvalue weighted by molar-refractivity contribution is 6.31. The number of piperidine rings is 1. The average Bonchev–Trinajstić information content (AvgIpc) is 2.68. The first-order valence-electron chi connectivity index (χ1n) is 7.31. The maximum Gasteiger partial charge on any atom is 0.0863 e. The maximum atomic E-state index is 6.44. The number of nitrogens with zero attached hydrogens (tertiary/aromatic N) is 3. The van der Waals surface area contributed by atoms with Crippen LogP contribution in [0.3, 0.4) is 0 Å². The maximum absolute atomic E-state index is 6.44. The third-order valence-electron chi connectivity index (χ3n) is 4.10. The minimum absolute atomic E-state index is 0.606. The van der Waals surface area contributed by atoms with Crippen LogP contribution in [-0.2, 0) is 20.0 Å². The zero-order valence-corrected chi connectivity index (χ0v) is 12.8. The number of likely N-dealkylation sites (tertiary alicyclic amines) is 1. The van der Waals surface area contributed by atoms with Gasteiger partial charge in [0.15, 0.2) is 0 Å². The molecule has 1 unspecified atom stereocenters. The Balaban J connectivity index is 2.12. The number of hydrogen-bond acceptors (Lipinski definition) is 3. The molecule has 2 heterocycles. The number of rotatable bonds is 5. The van der Waals surface area contributed by atoms with E-state index in [1.54, 1.807) is 0 Å². The molecule has 1 saturated heterocycles. The van der Waals surface area contributed by atoms with E-state index in [4.69, 9.17) is 17.3 Å². The summed E-state index contributed by atoms with van der Waals surface area (Å²) in [7, 11) is 1.99. The van der Waals surface area contributed by atoms with Crippen LogP contribution in [0.1, 0.15) is 44.0 Å². The molecule has 1 aliphatic rings. The van der Waals surface area contributed by atoms with Crippen LogP contribution in [0, 0.1) is 0 Å². The molecule has 0 radical (unpaired) electrons. The van der Waals surface area contributed by atoms with Crippen LogP contribution in [0.5, 0.6) is 0 Å². The topological polar surface area (TPSA) is 47.1 Å². The van der Waals surface area contributed by atoms with Crippen molar-refractivity contribution in [2.24, 2.45) is 12.8 Å². The number of aryl methyl sites for hydroxylation is 2. The molecule has 0 aliphatic carbocycles. The van der Waals surface area contributed by atoms with E-state index >= 15 is 0 Å². The lowest BCUT2D eigenvalue weighted by Crippen LogP contribution is -2.40. The van der Waals surface area contributed by atoms with Gasteiger partial charge < -0.3 is 5.73 Å². The van der Waals surface area contributed by atoms with Crippen LogP contribution in [-0.4, -0.2) is 33.8 Å². The molecule has 108 valence electrons. The average molecular weight is 285 g/mol. The molecule has 0 aromatic carbocycles. The predicted molar refractivity (Wildman–Crippen MR) is 79.3 cm³/mol. The largest absolute Gasteiger partial charge is 0.330 e. The summed E-state index contributed by atoms with van der Waals surface area (Å²) in [6.07, 6.45) is 5.82. The molecule has 1 atom stereocenters. The Morgan fingerprint density at radius 2 is 2.21 bits per heavy atom. The van der Waals surface area contributed by atoms with E-state index in [0.29, 0.717) is 6.04 Å². The minimum atomic E-state index is 0.606. The standard InChI is InChI=1S/C14H25ClN4/c1-3-12-14(15)13(18(2)17-12)10-19-9-5-4-6-11(19)7-8-16/h11H,3-10,16H2,1-2H3. The third kappa shape index (κ3) is 3.30. The van der Waals surface area contributed by atoms with Gasteiger partial charge in [0.05, 0.1) is 16.4 Å². The van der Waals surface area contributed by atoms with E-state index in [9.17, 15) is 0 Å². The first-order chi connectivity index (χ1) is 9.17. The molecule has 2 N–H and O–H groups in total. The Hall–Kier alpha value is -0.580. The molecule has 5 heteroatoms. The van der Waals surface area contributed by atoms with Crippen LogP contribution in [0.15, 0.2) is 0 Å². The van der Waals surface area contributed by atoms with Crippen LogP contribution in [0.4, 0.5) is 0 Å². The third-order valence-corrected chi connectivity index (χ3v) is 4.54. The second kappa shape index (κ2) is 6.73. The Kier molecular flexibility index (Phi) is 5.25. The van der Waals surface area contributed by atoms with Crippen molar-refractivity contribution in [3.63, 3.8) is 0 Å². The Labute approximate surface area is 120 Å². The fraction of sp³-hybridized carbons (Fsp3) is 0.786. The molecule has 0 bridgehead atoms. The molecule has 1 fully saturated rings. The summed E-state index contributed by atoms with van der Waals surface area (Å²) >= 11 is 6.44. The summed E-state index contributed by atoms with van der Waals surface area (Å²) in [6.45, 7) is 4.90. The van der Waals surface area contributed by atoms with Crippen molar-refractivity contribution < 1.29 is 0 Å². The van der Waals surface area contributed by atoms with Gasteiger partial charge in [0.2, 0.25) is 0 Å². The smallest absolute Gasteiger partial charge is 0.0863 e. The number of hydrogen-bond donors (Lipinski definition) is 1. The zero-order valence-electron chi connectivity index (χ0n) is 12.0. The SMILES string of the molecule is CCc1nn(C)c(CN2CCCCC2CCN)c1Cl. The normalized spacial score (nSPS) is 20.9. The number of nitrogens with two attached hydrogens (primary N) is 1. The summed E-state index contributed by atoms with van der Waals surface area (Å²) in [5.74, 6) is 0. The van der Waals surface area contributed by atoms with Crippen LogP contribution >= 0.6 is 11.6 Å². The highest BCUT2D eigenvalue weighted by atomic mass is 35.5. The Bertz CT molecular complexity index is 414. The van der Waals surface area contributed by atoms with Crippen LogP contribution in [0.2, 0.25) is 5.02 Å². The van der Waals surface area contributed by atoms with Crippen LogP contribution < -0.4 is 5.73 Å². The molecule has 1 aliphatic heterocycles. The van der Waals surface area contributed by atoms with Crippen molar-refractivity contribution in [2.45, 2.75) is 51.6 Å². The van der Waals surface area contributed by atoms with Gasteiger partial charge in [0.1, 0.15) is 0 Å². The molecule has 1 aromatic rings. The molecular formula is C14H25ClN4. The zero-order chi connectivity index (χ0) is 13.8. The number of halogens is 1. The highest BCUT2D eigenvalue weighted by Crippen LogP contribution is 2.26. The lowest BCUT2D eigenvalue weighted by atomic mass is 9.99. The lowest BCUT2D eigenvalue weighted by Gasteiger charge is -2.35. The molecule has 19 heavy (non-hydrogen) atoms. The lowest BCUT2D eigenvalue weighted by molar-refractivity contribution is 0.131. The van der Waals surface area contributed by atoms with Gasteiger partial charge in [-0.15, -0.1) is 0 Å². The second-order valence-electron chi connectivity index (χ2n) is 5.38. The van der Waals surface area contributed by atoms with Crippen molar-refractivity contribution in [3.05, 3.63) is 16.4 Å². The van der Waals surface area contributed by atoms with Gasteiger partial charge >= 0.3 is 0 Å². The summed E-state index contributed by atoms with van der Waals surface area (Å²) in [5.41, 5.74) is 7.88. The highest BCUT2D eigenvalue weighted by Gasteiger charge is 2.24. The van der Waals surface area contributed by atoms with Crippen molar-refractivity contribution >= 4 is 11.6 Å². The van der Waals surface area contributed by atoms with Crippen molar-refractivity contribution in [2.75, 3.05) is 13.1 Å². The van der Waals surface area contributed by atoms with Gasteiger partial charge in [-0.05, 0) is 38.8 Å². The Morgan fingerprint density at radius 3 is 2.84 bits per heavy atom. The minimum Gasteiger partial charge on any atom is -0.330 e. The molecule has 0 spiro atoms. The van der Waals surface area contributed by atoms with E-state index in [2.05, 4.69) is 16.9 Å². The van der Waals surface area contributed by atoms with Crippen molar-refractivity contribution in [1.82, 2.24) is 14.7 Å². The van der Waals surface area contributed by atoms with Gasteiger partial charge in [0, 0.05) is 19.6 Å². The molecular weight excluding hydrogens is 260 g/mol. The first kappa shape index (κ1) is 14.8. The predicted octanol–water partition coefficient (Wildman–Crippen LogP) is 2.34. The van der Waals surface area contributed by atoms with Gasteiger partial charge in [-0.2, -0.15) is 5.10 Å². The van der Waals surface area contributed by atoms with Crippen molar-refractivity contribution in [1.29, 1.82) is 0 Å². The summed E-state index contributed by atoms with van der Waals surface area (Å²) < 4.78 is 1.94. The molecule has 2 rings (SSSR count). The van der Waals surface area contributed by atoms with E-state index < -0.39 is 0 Å². The molecule has 0 amide bonds. The van der Waals surface area contributed by atoms with E-state index in [1.807, 2.05) is 11.7 Å². The van der Waals surface area contributed by atoms with Gasteiger partial charge in [0.25, 0.3) is 0 Å². The van der Waals surface area contributed by atoms with Gasteiger partial charge in [-0.3, -0.25) is 9.58 Å². The second-order valence-corrected chi connectivity index (χ2v) is 5.76. The molecule has 0 saturated carbocycles. The van der Waals surface area contributed by atoms with E-state index in [0.717, 1.165) is 48.9 Å². The first-order valence-corrected chi connectivity index (χ1v) is 7.69. The summed E-state index contributed by atoms with van der Waals surface area (Å²) in [5, 5.41) is 5.35. The quantitative estimate of drug-likeness (QED) is 0.903. The fourth-order valence-corrected chi connectivity index (χ4v) is 3.32. The summed E-state index contributed by atoms with van der Waals surface area (Å²) in [4.78, 5) is 2.53. The van der Waals surface area contributed by atoms with E-state index in [-0.39, 0.29) is 0 Å². The molecule has 4 nitrogen and oxygen atoms in total. The van der Waals surface area contributed by atoms with Crippen LogP contribution in [0.25, 0.3) is 0 Å². The monoisotopic (exact) mass is 284 g/mol. The fourth-order valence-electron chi connectivity index (χ4n) is 2.97. The van der Waals surface area contributed by atoms with Gasteiger partial charge in [-0.25, -0.2) is 0 Å². The van der Waals surface area contributed by atoms with Gasteiger partial charge in [-0.1, -0.05) is 24.9 Å².